The highest BCUT2D eigenvalue weighted by molar-refractivity contribution is 6.07. The van der Waals surface area contributed by atoms with Crippen molar-refractivity contribution in [3.05, 3.63) is 48.5 Å². The zero-order valence-corrected chi connectivity index (χ0v) is 12.1. The molecule has 1 atom stereocenters. The van der Waals surface area contributed by atoms with Crippen LogP contribution in [-0.2, 0) is 6.54 Å². The summed E-state index contributed by atoms with van der Waals surface area (Å²) in [5.74, 6) is 0. The fraction of sp³-hybridized carbons (Fsp3) is 0.333. The molecule has 1 heterocycles. The highest BCUT2D eigenvalue weighted by Gasteiger charge is 2.26. The summed E-state index contributed by atoms with van der Waals surface area (Å²) >= 11 is 0. The molecular weight excluding hydrogens is 260 g/mol. The Morgan fingerprint density at radius 2 is 1.57 bits per heavy atom. The van der Waals surface area contributed by atoms with E-state index in [1.54, 1.807) is 0 Å². The number of hydrogen-bond acceptors (Lipinski definition) is 1. The number of aromatic nitrogens is 1. The van der Waals surface area contributed by atoms with E-state index in [1.165, 1.54) is 34.6 Å². The van der Waals surface area contributed by atoms with E-state index in [0.717, 1.165) is 12.6 Å². The maximum atomic E-state index is 10.4. The van der Waals surface area contributed by atoms with Crippen LogP contribution in [0.2, 0.25) is 0 Å². The average Bonchev–Trinajstić information content (AvgIpc) is 3.30. The molecule has 0 amide bonds. The summed E-state index contributed by atoms with van der Waals surface area (Å²) in [6.07, 6.45) is 2.31. The number of hydrogen-bond donors (Lipinski definition) is 2. The van der Waals surface area contributed by atoms with Gasteiger partial charge in [0, 0.05) is 34.6 Å². The first kappa shape index (κ1) is 12.9. The lowest BCUT2D eigenvalue weighted by Gasteiger charge is -2.12. The number of benzene rings is 2. The number of aliphatic hydroxyl groups excluding tert-OH is 1. The van der Waals surface area contributed by atoms with Crippen molar-refractivity contribution in [3.63, 3.8) is 0 Å². The number of para-hydroxylation sites is 2. The van der Waals surface area contributed by atoms with Crippen LogP contribution in [-0.4, -0.2) is 28.4 Å². The molecule has 4 rings (SSSR count). The predicted molar refractivity (Wildman–Crippen MR) is 85.3 cm³/mol. The van der Waals surface area contributed by atoms with Gasteiger partial charge >= 0.3 is 0 Å². The molecule has 108 valence electrons. The molecule has 3 N–H and O–H groups in total. The first-order chi connectivity index (χ1) is 10.3. The second-order valence-electron chi connectivity index (χ2n) is 6.11. The molecule has 1 aliphatic rings. The lowest BCUT2D eigenvalue weighted by Crippen LogP contribution is -2.88. The molecule has 1 aromatic heterocycles. The molecule has 3 aromatic rings. The van der Waals surface area contributed by atoms with Gasteiger partial charge in [0.1, 0.15) is 12.6 Å². The highest BCUT2D eigenvalue weighted by Crippen LogP contribution is 2.28. The number of nitrogens with zero attached hydrogens (tertiary/aromatic N) is 1. The van der Waals surface area contributed by atoms with Gasteiger partial charge in [-0.05, 0) is 12.1 Å². The van der Waals surface area contributed by atoms with E-state index in [-0.39, 0.29) is 6.10 Å². The lowest BCUT2D eigenvalue weighted by molar-refractivity contribution is -0.674. The molecule has 0 radical (unpaired) electrons. The van der Waals surface area contributed by atoms with Gasteiger partial charge in [-0.3, -0.25) is 0 Å². The molecule has 1 fully saturated rings. The fourth-order valence-corrected chi connectivity index (χ4v) is 3.17. The molecule has 21 heavy (non-hydrogen) atoms. The average molecular weight is 281 g/mol. The van der Waals surface area contributed by atoms with Crippen LogP contribution in [0.3, 0.4) is 0 Å². The molecule has 3 heteroatoms. The van der Waals surface area contributed by atoms with Gasteiger partial charge in [-0.15, -0.1) is 0 Å². The molecule has 0 aliphatic heterocycles. The summed E-state index contributed by atoms with van der Waals surface area (Å²) in [6.45, 7) is 1.46. The van der Waals surface area contributed by atoms with Crippen LogP contribution in [0.4, 0.5) is 0 Å². The van der Waals surface area contributed by atoms with Crippen molar-refractivity contribution < 1.29 is 10.4 Å². The quantitative estimate of drug-likeness (QED) is 0.737. The van der Waals surface area contributed by atoms with E-state index >= 15 is 0 Å². The van der Waals surface area contributed by atoms with E-state index in [9.17, 15) is 5.11 Å². The maximum Gasteiger partial charge on any atom is 0.121 e. The molecule has 2 aromatic carbocycles. The molecule has 1 saturated carbocycles. The minimum absolute atomic E-state index is 0.301. The molecule has 1 aliphatic carbocycles. The van der Waals surface area contributed by atoms with Gasteiger partial charge in [0.2, 0.25) is 0 Å². The third-order valence-corrected chi connectivity index (χ3v) is 4.44. The number of nitrogens with two attached hydrogens (primary N) is 1. The zero-order chi connectivity index (χ0) is 14.2. The standard InChI is InChI=1S/C18H20N2O/c21-14(11-19-13-9-10-13)12-20-17-7-3-1-5-15(17)16-6-2-4-8-18(16)20/h1-8,13-14,19,21H,9-12H2/p+1/t14-/m0/s1. The summed E-state index contributed by atoms with van der Waals surface area (Å²) in [7, 11) is 0. The van der Waals surface area contributed by atoms with Crippen molar-refractivity contribution in [1.82, 2.24) is 4.57 Å². The molecule has 3 nitrogen and oxygen atoms in total. The van der Waals surface area contributed by atoms with E-state index in [1.807, 2.05) is 0 Å². The fourth-order valence-electron chi connectivity index (χ4n) is 3.17. The Morgan fingerprint density at radius 1 is 1.00 bits per heavy atom. The maximum absolute atomic E-state index is 10.4. The molecular formula is C18H21N2O+. The Kier molecular flexibility index (Phi) is 3.17. The van der Waals surface area contributed by atoms with Gasteiger partial charge in [-0.2, -0.15) is 0 Å². The summed E-state index contributed by atoms with van der Waals surface area (Å²) in [6, 6.07) is 17.7. The molecule has 0 spiro atoms. The summed E-state index contributed by atoms with van der Waals surface area (Å²) < 4.78 is 2.26. The predicted octanol–water partition coefficient (Wildman–Crippen LogP) is 1.88. The topological polar surface area (TPSA) is 41.8 Å². The number of aliphatic hydroxyl groups is 1. The van der Waals surface area contributed by atoms with Crippen molar-refractivity contribution in [2.75, 3.05) is 6.54 Å². The molecule has 0 unspecified atom stereocenters. The minimum atomic E-state index is -0.301. The van der Waals surface area contributed by atoms with Gasteiger partial charge in [0.25, 0.3) is 0 Å². The Balaban J connectivity index is 1.71. The highest BCUT2D eigenvalue weighted by atomic mass is 16.3. The van der Waals surface area contributed by atoms with Crippen LogP contribution in [0.25, 0.3) is 21.8 Å². The smallest absolute Gasteiger partial charge is 0.121 e. The Hall–Kier alpha value is -1.84. The van der Waals surface area contributed by atoms with Crippen molar-refractivity contribution in [2.45, 2.75) is 31.5 Å². The Bertz CT molecular complexity index is 720. The third kappa shape index (κ3) is 2.43. The number of fused-ring (bicyclic) bond motifs is 3. The van der Waals surface area contributed by atoms with Crippen LogP contribution in [0.15, 0.2) is 48.5 Å². The van der Waals surface area contributed by atoms with Crippen LogP contribution in [0.5, 0.6) is 0 Å². The van der Waals surface area contributed by atoms with Crippen LogP contribution in [0.1, 0.15) is 12.8 Å². The Labute approximate surface area is 124 Å². The molecule has 0 bridgehead atoms. The first-order valence-electron chi connectivity index (χ1n) is 7.80. The second-order valence-corrected chi connectivity index (χ2v) is 6.11. The van der Waals surface area contributed by atoms with Crippen LogP contribution < -0.4 is 5.32 Å². The summed E-state index contributed by atoms with van der Waals surface area (Å²) in [4.78, 5) is 0. The third-order valence-electron chi connectivity index (χ3n) is 4.44. The van der Waals surface area contributed by atoms with Crippen molar-refractivity contribution >= 4 is 21.8 Å². The zero-order valence-electron chi connectivity index (χ0n) is 12.1. The summed E-state index contributed by atoms with van der Waals surface area (Å²) in [5.41, 5.74) is 2.42. The summed E-state index contributed by atoms with van der Waals surface area (Å²) in [5, 5.41) is 15.2. The SMILES string of the molecule is O[C@@H](C[NH2+]C1CC1)Cn1c2ccccc2c2ccccc21. The lowest BCUT2D eigenvalue weighted by atomic mass is 10.2. The van der Waals surface area contributed by atoms with Crippen molar-refractivity contribution in [1.29, 1.82) is 0 Å². The largest absolute Gasteiger partial charge is 0.385 e. The van der Waals surface area contributed by atoms with Gasteiger partial charge in [-0.1, -0.05) is 36.4 Å². The Morgan fingerprint density at radius 3 is 2.14 bits per heavy atom. The van der Waals surface area contributed by atoms with E-state index < -0.39 is 0 Å². The molecule has 0 saturated heterocycles. The van der Waals surface area contributed by atoms with E-state index in [0.29, 0.717) is 6.54 Å². The van der Waals surface area contributed by atoms with Gasteiger partial charge in [-0.25, -0.2) is 0 Å². The minimum Gasteiger partial charge on any atom is -0.385 e. The number of quaternary nitrogens is 1. The van der Waals surface area contributed by atoms with Crippen molar-refractivity contribution in [2.24, 2.45) is 0 Å². The van der Waals surface area contributed by atoms with Crippen LogP contribution >= 0.6 is 0 Å². The van der Waals surface area contributed by atoms with Gasteiger partial charge < -0.3 is 15.0 Å². The van der Waals surface area contributed by atoms with Gasteiger partial charge in [0.15, 0.2) is 0 Å². The monoisotopic (exact) mass is 281 g/mol. The van der Waals surface area contributed by atoms with E-state index in [4.69, 9.17) is 0 Å². The van der Waals surface area contributed by atoms with E-state index in [2.05, 4.69) is 58.4 Å². The van der Waals surface area contributed by atoms with Gasteiger partial charge in [0.05, 0.1) is 12.6 Å². The normalized spacial score (nSPS) is 16.6. The van der Waals surface area contributed by atoms with Crippen LogP contribution in [0, 0.1) is 0 Å². The van der Waals surface area contributed by atoms with Crippen molar-refractivity contribution in [3.8, 4) is 0 Å². The number of rotatable bonds is 5. The second kappa shape index (κ2) is 5.17. The first-order valence-corrected chi connectivity index (χ1v) is 7.80.